The Hall–Kier alpha value is -1.02. The third-order valence-corrected chi connectivity index (χ3v) is 5.32. The predicted molar refractivity (Wildman–Crippen MR) is 85.2 cm³/mol. The summed E-state index contributed by atoms with van der Waals surface area (Å²) in [7, 11) is 0. The molecule has 1 aromatic heterocycles. The van der Waals surface area contributed by atoms with Crippen molar-refractivity contribution in [3.05, 3.63) is 29.6 Å². The molecule has 0 bridgehead atoms. The molecule has 2 nitrogen and oxygen atoms in total. The van der Waals surface area contributed by atoms with E-state index in [1.165, 1.54) is 30.3 Å². The predicted octanol–water partition coefficient (Wildman–Crippen LogP) is 5.08. The van der Waals surface area contributed by atoms with Gasteiger partial charge in [-0.05, 0) is 49.3 Å². The molecule has 0 spiro atoms. The van der Waals surface area contributed by atoms with Crippen LogP contribution in [0.15, 0.2) is 18.2 Å². The number of halogens is 1. The van der Waals surface area contributed by atoms with E-state index in [9.17, 15) is 0 Å². The zero-order valence-corrected chi connectivity index (χ0v) is 13.3. The molecule has 20 heavy (non-hydrogen) atoms. The second-order valence-electron chi connectivity index (χ2n) is 6.20. The number of aryl methyl sites for hydroxylation is 1. The summed E-state index contributed by atoms with van der Waals surface area (Å²) >= 11 is 6.16. The summed E-state index contributed by atoms with van der Waals surface area (Å²) in [5, 5.41) is 0. The zero-order valence-electron chi connectivity index (χ0n) is 12.6. The van der Waals surface area contributed by atoms with Crippen LogP contribution in [0, 0.1) is 18.8 Å². The van der Waals surface area contributed by atoms with Gasteiger partial charge in [0.2, 0.25) is 0 Å². The number of fused-ring (bicyclic) bond motifs is 1. The van der Waals surface area contributed by atoms with E-state index in [-0.39, 0.29) is 0 Å². The van der Waals surface area contributed by atoms with Crippen molar-refractivity contribution >= 4 is 22.6 Å². The molecular weight excluding hydrogens is 268 g/mol. The molecule has 1 saturated carbocycles. The Bertz CT molecular complexity index is 617. The first-order chi connectivity index (χ1) is 9.65. The van der Waals surface area contributed by atoms with E-state index in [0.29, 0.717) is 17.8 Å². The fraction of sp³-hybridized carbons (Fsp3) is 0.588. The van der Waals surface area contributed by atoms with Crippen molar-refractivity contribution in [1.29, 1.82) is 0 Å². The number of imidazole rings is 1. The van der Waals surface area contributed by atoms with Crippen LogP contribution >= 0.6 is 11.6 Å². The Labute approximate surface area is 126 Å². The van der Waals surface area contributed by atoms with Crippen LogP contribution in [-0.2, 0) is 5.88 Å². The average Bonchev–Trinajstić information content (AvgIpc) is 2.98. The molecule has 1 heterocycles. The van der Waals surface area contributed by atoms with Gasteiger partial charge in [0.1, 0.15) is 5.82 Å². The minimum atomic E-state index is 0.494. The van der Waals surface area contributed by atoms with Gasteiger partial charge in [-0.2, -0.15) is 0 Å². The Morgan fingerprint density at radius 2 is 2.15 bits per heavy atom. The molecule has 3 heteroatoms. The van der Waals surface area contributed by atoms with Crippen LogP contribution in [0.25, 0.3) is 11.0 Å². The molecule has 0 saturated heterocycles. The molecule has 3 rings (SSSR count). The largest absolute Gasteiger partial charge is 0.324 e. The van der Waals surface area contributed by atoms with E-state index in [0.717, 1.165) is 17.3 Å². The number of aromatic nitrogens is 2. The molecule has 0 N–H and O–H groups in total. The highest BCUT2D eigenvalue weighted by Crippen LogP contribution is 2.43. The van der Waals surface area contributed by atoms with Gasteiger partial charge in [-0.3, -0.25) is 0 Å². The first kappa shape index (κ1) is 13.9. The van der Waals surface area contributed by atoms with Gasteiger partial charge < -0.3 is 4.57 Å². The highest BCUT2D eigenvalue weighted by atomic mass is 35.5. The summed E-state index contributed by atoms with van der Waals surface area (Å²) in [5.41, 5.74) is 3.63. The molecule has 108 valence electrons. The van der Waals surface area contributed by atoms with Gasteiger partial charge in [0.25, 0.3) is 0 Å². The molecule has 3 atom stereocenters. The molecule has 2 aromatic rings. The number of hydrogen-bond donors (Lipinski definition) is 0. The lowest BCUT2D eigenvalue weighted by Gasteiger charge is -2.23. The number of hydrogen-bond acceptors (Lipinski definition) is 1. The first-order valence-corrected chi connectivity index (χ1v) is 8.22. The minimum Gasteiger partial charge on any atom is -0.324 e. The zero-order chi connectivity index (χ0) is 14.3. The third-order valence-electron chi connectivity index (χ3n) is 5.08. The lowest BCUT2D eigenvalue weighted by atomic mass is 9.93. The van der Waals surface area contributed by atoms with Gasteiger partial charge >= 0.3 is 0 Å². The van der Waals surface area contributed by atoms with Crippen LogP contribution in [0.5, 0.6) is 0 Å². The van der Waals surface area contributed by atoms with Crippen LogP contribution in [-0.4, -0.2) is 9.55 Å². The number of rotatable bonds is 3. The summed E-state index contributed by atoms with van der Waals surface area (Å²) in [6, 6.07) is 7.06. The van der Waals surface area contributed by atoms with Crippen LogP contribution in [0.2, 0.25) is 0 Å². The second-order valence-corrected chi connectivity index (χ2v) is 6.46. The van der Waals surface area contributed by atoms with Crippen molar-refractivity contribution in [3.8, 4) is 0 Å². The fourth-order valence-electron chi connectivity index (χ4n) is 3.88. The van der Waals surface area contributed by atoms with Crippen molar-refractivity contribution in [1.82, 2.24) is 9.55 Å². The average molecular weight is 291 g/mol. The maximum absolute atomic E-state index is 6.16. The first-order valence-electron chi connectivity index (χ1n) is 7.69. The second kappa shape index (κ2) is 5.40. The molecule has 1 aliphatic carbocycles. The van der Waals surface area contributed by atoms with Crippen LogP contribution in [0.3, 0.4) is 0 Å². The van der Waals surface area contributed by atoms with E-state index in [2.05, 4.69) is 43.5 Å². The van der Waals surface area contributed by atoms with Gasteiger partial charge in [-0.15, -0.1) is 11.6 Å². The maximum atomic E-state index is 6.16. The van der Waals surface area contributed by atoms with Gasteiger partial charge in [0.15, 0.2) is 0 Å². The lowest BCUT2D eigenvalue weighted by molar-refractivity contribution is 0.330. The summed E-state index contributed by atoms with van der Waals surface area (Å²) in [4.78, 5) is 4.73. The quantitative estimate of drug-likeness (QED) is 0.721. The molecule has 0 aliphatic heterocycles. The highest BCUT2D eigenvalue weighted by molar-refractivity contribution is 6.16. The van der Waals surface area contributed by atoms with Crippen molar-refractivity contribution in [2.24, 2.45) is 11.8 Å². The summed E-state index contributed by atoms with van der Waals surface area (Å²) in [6.07, 6.45) is 3.86. The standard InChI is InChI=1S/C17H23ClN2/c1-4-13-6-8-15(12(13)3)20-16-9-11(2)5-7-14(16)19-17(20)10-18/h5,7,9,12-13,15H,4,6,8,10H2,1-3H3. The van der Waals surface area contributed by atoms with E-state index >= 15 is 0 Å². The summed E-state index contributed by atoms with van der Waals surface area (Å²) < 4.78 is 2.43. The van der Waals surface area contributed by atoms with Crippen LogP contribution in [0.1, 0.15) is 50.5 Å². The van der Waals surface area contributed by atoms with E-state index in [4.69, 9.17) is 16.6 Å². The molecule has 0 radical (unpaired) electrons. The molecule has 1 aliphatic rings. The lowest BCUT2D eigenvalue weighted by Crippen LogP contribution is -2.17. The normalized spacial score (nSPS) is 26.5. The molecule has 1 fully saturated rings. The van der Waals surface area contributed by atoms with Crippen molar-refractivity contribution in [2.75, 3.05) is 0 Å². The fourth-order valence-corrected chi connectivity index (χ4v) is 4.07. The van der Waals surface area contributed by atoms with E-state index in [1.807, 2.05) is 0 Å². The highest BCUT2D eigenvalue weighted by Gasteiger charge is 2.34. The molecule has 1 aromatic carbocycles. The molecular formula is C17H23ClN2. The molecule has 0 amide bonds. The Kier molecular flexibility index (Phi) is 3.76. The third kappa shape index (κ3) is 2.14. The van der Waals surface area contributed by atoms with E-state index in [1.54, 1.807) is 0 Å². The Morgan fingerprint density at radius 3 is 2.80 bits per heavy atom. The van der Waals surface area contributed by atoms with Crippen molar-refractivity contribution in [3.63, 3.8) is 0 Å². The number of benzene rings is 1. The SMILES string of the molecule is CCC1CCC(n2c(CCl)nc3ccc(C)cc32)C1C. The monoisotopic (exact) mass is 290 g/mol. The minimum absolute atomic E-state index is 0.494. The van der Waals surface area contributed by atoms with Crippen LogP contribution < -0.4 is 0 Å². The Morgan fingerprint density at radius 1 is 1.35 bits per heavy atom. The van der Waals surface area contributed by atoms with Gasteiger partial charge in [-0.1, -0.05) is 26.3 Å². The number of nitrogens with zero attached hydrogens (tertiary/aromatic N) is 2. The number of alkyl halides is 1. The van der Waals surface area contributed by atoms with Crippen molar-refractivity contribution in [2.45, 2.75) is 52.0 Å². The van der Waals surface area contributed by atoms with Crippen LogP contribution in [0.4, 0.5) is 0 Å². The Balaban J connectivity index is 2.12. The van der Waals surface area contributed by atoms with Gasteiger partial charge in [0.05, 0.1) is 16.9 Å². The van der Waals surface area contributed by atoms with E-state index < -0.39 is 0 Å². The van der Waals surface area contributed by atoms with Crippen molar-refractivity contribution < 1.29 is 0 Å². The van der Waals surface area contributed by atoms with Gasteiger partial charge in [-0.25, -0.2) is 4.98 Å². The maximum Gasteiger partial charge on any atom is 0.125 e. The topological polar surface area (TPSA) is 17.8 Å². The smallest absolute Gasteiger partial charge is 0.125 e. The molecule has 3 unspecified atom stereocenters. The summed E-state index contributed by atoms with van der Waals surface area (Å²) in [6.45, 7) is 6.84. The summed E-state index contributed by atoms with van der Waals surface area (Å²) in [5.74, 6) is 3.07. The van der Waals surface area contributed by atoms with Gasteiger partial charge in [0, 0.05) is 6.04 Å².